The van der Waals surface area contributed by atoms with Crippen molar-refractivity contribution in [2.24, 2.45) is 13.0 Å². The minimum absolute atomic E-state index is 0.232. The third-order valence-electron chi connectivity index (χ3n) is 5.70. The SMILES string of the molecule is CCCCn1c(=O)c2c(nc3n2CC(C)CN3c2cc(C)cc(C)c2)n(C)c1=O. The van der Waals surface area contributed by atoms with Crippen molar-refractivity contribution < 1.29 is 0 Å². The van der Waals surface area contributed by atoms with Gasteiger partial charge in [-0.1, -0.05) is 26.3 Å². The lowest BCUT2D eigenvalue weighted by Crippen LogP contribution is -2.40. The first kappa shape index (κ1) is 19.5. The Morgan fingerprint density at radius 2 is 1.79 bits per heavy atom. The number of nitrogens with zero attached hydrogens (tertiary/aromatic N) is 5. The third kappa shape index (κ3) is 3.18. The highest BCUT2D eigenvalue weighted by molar-refractivity contribution is 5.77. The maximum atomic E-state index is 13.3. The number of imidazole rings is 1. The first-order valence-corrected chi connectivity index (χ1v) is 10.4. The number of rotatable bonds is 4. The molecular weight excluding hydrogens is 366 g/mol. The Morgan fingerprint density at radius 3 is 2.45 bits per heavy atom. The molecule has 4 rings (SSSR count). The molecule has 1 aromatic carbocycles. The van der Waals surface area contributed by atoms with Crippen molar-refractivity contribution in [1.82, 2.24) is 18.7 Å². The lowest BCUT2D eigenvalue weighted by Gasteiger charge is -2.33. The maximum Gasteiger partial charge on any atom is 0.332 e. The highest BCUT2D eigenvalue weighted by Gasteiger charge is 2.29. The number of aryl methyl sites for hydroxylation is 3. The van der Waals surface area contributed by atoms with E-state index >= 15 is 0 Å². The van der Waals surface area contributed by atoms with Crippen LogP contribution >= 0.6 is 0 Å². The van der Waals surface area contributed by atoms with Gasteiger partial charge in [-0.25, -0.2) is 4.79 Å². The van der Waals surface area contributed by atoms with Crippen LogP contribution in [0.25, 0.3) is 11.2 Å². The first-order chi connectivity index (χ1) is 13.8. The van der Waals surface area contributed by atoms with E-state index in [-0.39, 0.29) is 11.2 Å². The molecule has 0 fully saturated rings. The molecule has 0 spiro atoms. The van der Waals surface area contributed by atoms with E-state index in [2.05, 4.69) is 50.8 Å². The van der Waals surface area contributed by atoms with Crippen molar-refractivity contribution in [2.75, 3.05) is 11.4 Å². The molecule has 2 aromatic heterocycles. The number of fused-ring (bicyclic) bond motifs is 3. The predicted octanol–water partition coefficient (Wildman–Crippen LogP) is 3.10. The van der Waals surface area contributed by atoms with Crippen molar-refractivity contribution in [3.05, 3.63) is 50.2 Å². The monoisotopic (exact) mass is 395 g/mol. The summed E-state index contributed by atoms with van der Waals surface area (Å²) in [6, 6.07) is 6.44. The number of hydrogen-bond acceptors (Lipinski definition) is 4. The molecule has 0 N–H and O–H groups in total. The summed E-state index contributed by atoms with van der Waals surface area (Å²) in [5, 5.41) is 0. The predicted molar refractivity (Wildman–Crippen MR) is 116 cm³/mol. The summed E-state index contributed by atoms with van der Waals surface area (Å²) in [6.07, 6.45) is 1.72. The lowest BCUT2D eigenvalue weighted by molar-refractivity contribution is 0.457. The van der Waals surface area contributed by atoms with Crippen LogP contribution < -0.4 is 16.1 Å². The van der Waals surface area contributed by atoms with Crippen LogP contribution in [0.2, 0.25) is 0 Å². The van der Waals surface area contributed by atoms with Gasteiger partial charge in [0, 0.05) is 32.4 Å². The Balaban J connectivity index is 1.98. The van der Waals surface area contributed by atoms with Crippen molar-refractivity contribution in [2.45, 2.75) is 53.6 Å². The van der Waals surface area contributed by atoms with E-state index in [4.69, 9.17) is 4.98 Å². The Labute approximate surface area is 170 Å². The molecule has 3 heterocycles. The van der Waals surface area contributed by atoms with Crippen LogP contribution in [0.1, 0.15) is 37.8 Å². The molecule has 7 heteroatoms. The number of aromatic nitrogens is 4. The molecule has 0 bridgehead atoms. The molecule has 1 unspecified atom stereocenters. The highest BCUT2D eigenvalue weighted by Crippen LogP contribution is 2.33. The molecule has 1 atom stereocenters. The average molecular weight is 396 g/mol. The number of benzene rings is 1. The quantitative estimate of drug-likeness (QED) is 0.681. The minimum atomic E-state index is -0.294. The molecule has 0 amide bonds. The van der Waals surface area contributed by atoms with Gasteiger partial charge in [-0.2, -0.15) is 4.98 Å². The van der Waals surface area contributed by atoms with Gasteiger partial charge in [0.15, 0.2) is 11.2 Å². The van der Waals surface area contributed by atoms with Gasteiger partial charge in [0.25, 0.3) is 5.56 Å². The number of hydrogen-bond donors (Lipinski definition) is 0. The summed E-state index contributed by atoms with van der Waals surface area (Å²) < 4.78 is 4.88. The fourth-order valence-electron chi connectivity index (χ4n) is 4.34. The van der Waals surface area contributed by atoms with Gasteiger partial charge >= 0.3 is 5.69 Å². The van der Waals surface area contributed by atoms with Crippen LogP contribution in [-0.4, -0.2) is 25.2 Å². The summed E-state index contributed by atoms with van der Waals surface area (Å²) >= 11 is 0. The van der Waals surface area contributed by atoms with Crippen LogP contribution in [0.5, 0.6) is 0 Å². The van der Waals surface area contributed by atoms with Gasteiger partial charge in [0.2, 0.25) is 5.95 Å². The minimum Gasteiger partial charge on any atom is -0.312 e. The molecule has 154 valence electrons. The van der Waals surface area contributed by atoms with E-state index in [1.54, 1.807) is 7.05 Å². The Hall–Kier alpha value is -2.83. The van der Waals surface area contributed by atoms with Crippen molar-refractivity contribution in [3.63, 3.8) is 0 Å². The van der Waals surface area contributed by atoms with Crippen LogP contribution in [-0.2, 0) is 20.1 Å². The molecule has 0 saturated heterocycles. The standard InChI is InChI=1S/C22H29N5O2/c1-6-7-8-25-20(28)18-19(24(5)22(25)29)23-21-26(12-16(4)13-27(18)21)17-10-14(2)9-15(3)11-17/h9-11,16H,6-8,12-13H2,1-5H3. The summed E-state index contributed by atoms with van der Waals surface area (Å²) in [5.41, 5.74) is 3.92. The maximum absolute atomic E-state index is 13.3. The van der Waals surface area contributed by atoms with Gasteiger partial charge in [-0.05, 0) is 49.4 Å². The van der Waals surface area contributed by atoms with Crippen LogP contribution in [0.3, 0.4) is 0 Å². The second kappa shape index (κ2) is 7.21. The van der Waals surface area contributed by atoms with Gasteiger partial charge in [0.05, 0.1) is 0 Å². The van der Waals surface area contributed by atoms with E-state index < -0.39 is 0 Å². The molecule has 29 heavy (non-hydrogen) atoms. The highest BCUT2D eigenvalue weighted by atomic mass is 16.2. The zero-order chi connectivity index (χ0) is 20.9. The number of anilines is 2. The summed E-state index contributed by atoms with van der Waals surface area (Å²) in [7, 11) is 1.70. The zero-order valence-electron chi connectivity index (χ0n) is 17.9. The Morgan fingerprint density at radius 1 is 1.10 bits per heavy atom. The van der Waals surface area contributed by atoms with Gasteiger partial charge in [0.1, 0.15) is 0 Å². The third-order valence-corrected chi connectivity index (χ3v) is 5.70. The van der Waals surface area contributed by atoms with E-state index in [1.165, 1.54) is 20.3 Å². The summed E-state index contributed by atoms with van der Waals surface area (Å²) in [5.74, 6) is 1.09. The van der Waals surface area contributed by atoms with Crippen LogP contribution in [0.4, 0.5) is 11.6 Å². The first-order valence-electron chi connectivity index (χ1n) is 10.4. The van der Waals surface area contributed by atoms with E-state index in [0.717, 1.165) is 31.0 Å². The lowest BCUT2D eigenvalue weighted by atomic mass is 10.1. The zero-order valence-corrected chi connectivity index (χ0v) is 17.9. The fourth-order valence-corrected chi connectivity index (χ4v) is 4.34. The summed E-state index contributed by atoms with van der Waals surface area (Å²) in [4.78, 5) is 33.0. The van der Waals surface area contributed by atoms with Crippen LogP contribution in [0.15, 0.2) is 27.8 Å². The number of unbranched alkanes of at least 4 members (excludes halogenated alkanes) is 1. The average Bonchev–Trinajstić information content (AvgIpc) is 3.04. The molecule has 1 aliphatic heterocycles. The fraction of sp³-hybridized carbons (Fsp3) is 0.500. The topological polar surface area (TPSA) is 65.1 Å². The largest absolute Gasteiger partial charge is 0.332 e. The Bertz CT molecular complexity index is 1180. The van der Waals surface area contributed by atoms with Crippen LogP contribution in [0, 0.1) is 19.8 Å². The van der Waals surface area contributed by atoms with Gasteiger partial charge < -0.3 is 9.47 Å². The molecule has 7 nitrogen and oxygen atoms in total. The molecule has 0 aliphatic carbocycles. The van der Waals surface area contributed by atoms with E-state index in [1.807, 2.05) is 4.57 Å². The second-order valence-electron chi connectivity index (χ2n) is 8.41. The normalized spacial score (nSPS) is 16.4. The smallest absolute Gasteiger partial charge is 0.312 e. The molecule has 0 saturated carbocycles. The Kier molecular flexibility index (Phi) is 4.84. The van der Waals surface area contributed by atoms with Gasteiger partial charge in [-0.3, -0.25) is 13.9 Å². The van der Waals surface area contributed by atoms with Crippen molar-refractivity contribution in [1.29, 1.82) is 0 Å². The molecule has 1 aliphatic rings. The molecular formula is C22H29N5O2. The van der Waals surface area contributed by atoms with Crippen molar-refractivity contribution in [3.8, 4) is 0 Å². The van der Waals surface area contributed by atoms with E-state index in [0.29, 0.717) is 30.2 Å². The molecule has 3 aromatic rings. The van der Waals surface area contributed by atoms with Crippen molar-refractivity contribution >= 4 is 22.8 Å². The van der Waals surface area contributed by atoms with Gasteiger partial charge in [-0.15, -0.1) is 0 Å². The summed E-state index contributed by atoms with van der Waals surface area (Å²) in [6.45, 7) is 10.4. The second-order valence-corrected chi connectivity index (χ2v) is 8.41. The van der Waals surface area contributed by atoms with E-state index in [9.17, 15) is 9.59 Å². The molecule has 0 radical (unpaired) electrons.